The van der Waals surface area contributed by atoms with Gasteiger partial charge in [-0.2, -0.15) is 0 Å². The fraction of sp³-hybridized carbons (Fsp3) is 0.435. The Bertz CT molecular complexity index is 994. The minimum atomic E-state index is -0.825. The van der Waals surface area contributed by atoms with Crippen molar-refractivity contribution in [2.24, 2.45) is 26.8 Å². The first-order chi connectivity index (χ1) is 13.8. The summed E-state index contributed by atoms with van der Waals surface area (Å²) in [5, 5.41) is 0. The molecule has 0 saturated heterocycles. The third kappa shape index (κ3) is 4.56. The highest BCUT2D eigenvalue weighted by molar-refractivity contribution is 6.52. The third-order valence-electron chi connectivity index (χ3n) is 5.81. The van der Waals surface area contributed by atoms with Crippen molar-refractivity contribution in [1.82, 2.24) is 4.90 Å². The van der Waals surface area contributed by atoms with Gasteiger partial charge in [-0.05, 0) is 47.3 Å². The molecule has 1 aromatic rings. The normalized spacial score (nSPS) is 23.5. The summed E-state index contributed by atoms with van der Waals surface area (Å²) in [4.78, 5) is 42.5. The number of nitrogens with zero attached hydrogens (tertiary/aromatic N) is 4. The van der Waals surface area contributed by atoms with Gasteiger partial charge < -0.3 is 4.90 Å². The van der Waals surface area contributed by atoms with Crippen LogP contribution in [0, 0.1) is 11.8 Å². The van der Waals surface area contributed by atoms with E-state index in [1.54, 1.807) is 6.21 Å². The number of ketones is 2. The number of Topliss-reactive ketones (excluding diaryl/α,β-unsaturated/α-hetero) is 2. The Kier molecular flexibility index (Phi) is 7.74. The fourth-order valence-corrected chi connectivity index (χ4v) is 4.19. The molecule has 166 valence electrons. The molecule has 0 fully saturated rings. The van der Waals surface area contributed by atoms with Crippen molar-refractivity contribution in [3.8, 4) is 0 Å². The molecule has 0 bridgehead atoms. The highest BCUT2D eigenvalue weighted by Gasteiger charge is 2.50. The number of allylic oxidation sites excluding steroid dienone is 2. The van der Waals surface area contributed by atoms with Crippen LogP contribution >= 0.6 is 24.8 Å². The minimum absolute atomic E-state index is 0. The zero-order valence-electron chi connectivity index (χ0n) is 18.2. The number of carbonyl (C=O) groups is 2. The number of amidine groups is 1. The lowest BCUT2D eigenvalue weighted by atomic mass is 9.67. The molecule has 31 heavy (non-hydrogen) atoms. The van der Waals surface area contributed by atoms with E-state index in [0.29, 0.717) is 23.7 Å². The molecule has 6 nitrogen and oxygen atoms in total. The zero-order valence-corrected chi connectivity index (χ0v) is 19.8. The summed E-state index contributed by atoms with van der Waals surface area (Å²) in [5.74, 6) is -0.453. The SMILES string of the molecule is CN(C)CCCC1C(=O)C2=NC(c3ccccc3)=NC2=C2C=NC(C)(C)C(=O)C21.Cl.Cl. The Labute approximate surface area is 195 Å². The smallest absolute Gasteiger partial charge is 0.187 e. The van der Waals surface area contributed by atoms with E-state index in [9.17, 15) is 9.59 Å². The molecular weight excluding hydrogens is 435 g/mol. The first-order valence-electron chi connectivity index (χ1n) is 10.1. The van der Waals surface area contributed by atoms with E-state index in [4.69, 9.17) is 0 Å². The molecule has 2 atom stereocenters. The molecule has 8 heteroatoms. The highest BCUT2D eigenvalue weighted by Crippen LogP contribution is 2.41. The van der Waals surface area contributed by atoms with Crippen LogP contribution in [0.2, 0.25) is 0 Å². The number of carbonyl (C=O) groups excluding carboxylic acids is 2. The Morgan fingerprint density at radius 3 is 2.35 bits per heavy atom. The number of aliphatic imine (C=N–C) groups is 3. The molecule has 3 aliphatic rings. The molecule has 2 aliphatic heterocycles. The van der Waals surface area contributed by atoms with Crippen LogP contribution in [0.3, 0.4) is 0 Å². The lowest BCUT2D eigenvalue weighted by Gasteiger charge is -2.37. The predicted octanol–water partition coefficient (Wildman–Crippen LogP) is 3.57. The molecule has 4 rings (SSSR count). The maximum atomic E-state index is 13.4. The Morgan fingerprint density at radius 1 is 1.03 bits per heavy atom. The average molecular weight is 463 g/mol. The number of hydrogen-bond acceptors (Lipinski definition) is 6. The maximum Gasteiger partial charge on any atom is 0.187 e. The van der Waals surface area contributed by atoms with Gasteiger partial charge in [-0.25, -0.2) is 9.98 Å². The van der Waals surface area contributed by atoms with Crippen LogP contribution in [-0.4, -0.2) is 60.4 Å². The van der Waals surface area contributed by atoms with Crippen molar-refractivity contribution in [3.05, 3.63) is 47.2 Å². The lowest BCUT2D eigenvalue weighted by Crippen LogP contribution is -2.49. The van der Waals surface area contributed by atoms with Crippen LogP contribution < -0.4 is 0 Å². The number of halogens is 2. The summed E-state index contributed by atoms with van der Waals surface area (Å²) in [5.41, 5.74) is 1.68. The van der Waals surface area contributed by atoms with Crippen molar-refractivity contribution in [2.75, 3.05) is 20.6 Å². The maximum absolute atomic E-state index is 13.4. The van der Waals surface area contributed by atoms with E-state index in [1.807, 2.05) is 58.3 Å². The molecule has 0 spiro atoms. The summed E-state index contributed by atoms with van der Waals surface area (Å²) in [6.07, 6.45) is 3.24. The van der Waals surface area contributed by atoms with Crippen molar-refractivity contribution in [1.29, 1.82) is 0 Å². The minimum Gasteiger partial charge on any atom is -0.309 e. The standard InChI is InChI=1S/C23H26N4O2.2ClH/c1-23(2)21(29)17-15(11-8-12-27(3)4)20(28)19-18(16(17)13-24-23)25-22(26-19)14-9-6-5-7-10-14;;/h5-7,9-10,13,15,17H,8,11-12H2,1-4H3;2*1H. The summed E-state index contributed by atoms with van der Waals surface area (Å²) in [6, 6.07) is 9.61. The van der Waals surface area contributed by atoms with Crippen molar-refractivity contribution in [3.63, 3.8) is 0 Å². The first kappa shape index (κ1) is 25.1. The average Bonchev–Trinajstić information content (AvgIpc) is 3.13. The van der Waals surface area contributed by atoms with E-state index in [1.165, 1.54) is 0 Å². The van der Waals surface area contributed by atoms with Gasteiger partial charge in [0.2, 0.25) is 0 Å². The summed E-state index contributed by atoms with van der Waals surface area (Å²) in [6.45, 7) is 4.49. The van der Waals surface area contributed by atoms with Crippen LogP contribution in [-0.2, 0) is 9.59 Å². The van der Waals surface area contributed by atoms with E-state index in [-0.39, 0.29) is 36.4 Å². The van der Waals surface area contributed by atoms with Gasteiger partial charge in [0.25, 0.3) is 0 Å². The third-order valence-corrected chi connectivity index (χ3v) is 5.81. The summed E-state index contributed by atoms with van der Waals surface area (Å²) in [7, 11) is 4.02. The van der Waals surface area contributed by atoms with Crippen LogP contribution in [0.4, 0.5) is 0 Å². The fourth-order valence-electron chi connectivity index (χ4n) is 4.19. The molecular formula is C23H28Cl2N4O2. The van der Waals surface area contributed by atoms with Gasteiger partial charge in [-0.3, -0.25) is 14.6 Å². The molecule has 0 radical (unpaired) electrons. The van der Waals surface area contributed by atoms with E-state index >= 15 is 0 Å². The second kappa shape index (κ2) is 9.55. The summed E-state index contributed by atoms with van der Waals surface area (Å²) >= 11 is 0. The number of rotatable bonds is 5. The second-order valence-corrected chi connectivity index (χ2v) is 8.64. The Balaban J connectivity index is 0.00000171. The van der Waals surface area contributed by atoms with Gasteiger partial charge in [0.1, 0.15) is 16.9 Å². The van der Waals surface area contributed by atoms with Gasteiger partial charge in [-0.1, -0.05) is 30.3 Å². The molecule has 0 saturated carbocycles. The number of fused-ring (bicyclic) bond motifs is 2. The molecule has 0 aromatic heterocycles. The van der Waals surface area contributed by atoms with Crippen molar-refractivity contribution >= 4 is 54.1 Å². The van der Waals surface area contributed by atoms with Gasteiger partial charge in [-0.15, -0.1) is 24.8 Å². The lowest BCUT2D eigenvalue weighted by molar-refractivity contribution is -0.131. The molecule has 0 N–H and O–H groups in total. The number of benzene rings is 1. The van der Waals surface area contributed by atoms with Gasteiger partial charge in [0.05, 0.1) is 5.92 Å². The first-order valence-corrected chi connectivity index (χ1v) is 10.1. The molecule has 1 aromatic carbocycles. The van der Waals surface area contributed by atoms with Crippen LogP contribution in [0.25, 0.3) is 0 Å². The van der Waals surface area contributed by atoms with Gasteiger partial charge >= 0.3 is 0 Å². The molecule has 1 aliphatic carbocycles. The molecule has 0 amide bonds. The van der Waals surface area contributed by atoms with Gasteiger partial charge in [0, 0.05) is 23.3 Å². The topological polar surface area (TPSA) is 74.5 Å². The van der Waals surface area contributed by atoms with Crippen molar-refractivity contribution < 1.29 is 9.59 Å². The van der Waals surface area contributed by atoms with E-state index in [2.05, 4.69) is 19.9 Å². The monoisotopic (exact) mass is 462 g/mol. The van der Waals surface area contributed by atoms with E-state index < -0.39 is 17.4 Å². The van der Waals surface area contributed by atoms with Gasteiger partial charge in [0.15, 0.2) is 17.4 Å². The Hall–Kier alpha value is -2.15. The predicted molar refractivity (Wildman–Crippen MR) is 129 cm³/mol. The largest absolute Gasteiger partial charge is 0.309 e. The quantitative estimate of drug-likeness (QED) is 0.670. The van der Waals surface area contributed by atoms with E-state index in [0.717, 1.165) is 24.1 Å². The zero-order chi connectivity index (χ0) is 20.8. The van der Waals surface area contributed by atoms with Crippen LogP contribution in [0.1, 0.15) is 32.3 Å². The molecule has 2 unspecified atom stereocenters. The van der Waals surface area contributed by atoms with Crippen LogP contribution in [0.15, 0.2) is 56.6 Å². The number of hydrogen-bond donors (Lipinski definition) is 0. The Morgan fingerprint density at radius 2 is 1.71 bits per heavy atom. The molecule has 2 heterocycles. The highest BCUT2D eigenvalue weighted by atomic mass is 35.5. The summed E-state index contributed by atoms with van der Waals surface area (Å²) < 4.78 is 0. The van der Waals surface area contributed by atoms with Crippen LogP contribution in [0.5, 0.6) is 0 Å². The van der Waals surface area contributed by atoms with Crippen molar-refractivity contribution in [2.45, 2.75) is 32.2 Å². The second-order valence-electron chi connectivity index (χ2n) is 8.64.